The van der Waals surface area contributed by atoms with Gasteiger partial charge in [0.25, 0.3) is 0 Å². The summed E-state index contributed by atoms with van der Waals surface area (Å²) in [6.07, 6.45) is 2.40. The zero-order chi connectivity index (χ0) is 18.1. The molecule has 4 aromatic rings. The van der Waals surface area contributed by atoms with Crippen molar-refractivity contribution in [1.29, 1.82) is 0 Å². The molecule has 5 rings (SSSR count). The fraction of sp³-hybridized carbons (Fsp3) is 0.263. The number of hydrogen-bond donors (Lipinski definition) is 0. The first kappa shape index (κ1) is 16.7. The van der Waals surface area contributed by atoms with E-state index in [0.717, 1.165) is 23.1 Å². The van der Waals surface area contributed by atoms with Crippen molar-refractivity contribution in [2.24, 2.45) is 0 Å². The molecule has 27 heavy (non-hydrogen) atoms. The highest BCUT2D eigenvalue weighted by Gasteiger charge is 2.30. The van der Waals surface area contributed by atoms with Gasteiger partial charge in [0, 0.05) is 16.9 Å². The Kier molecular flexibility index (Phi) is 4.51. The maximum Gasteiger partial charge on any atom is 0.237 e. The van der Waals surface area contributed by atoms with E-state index >= 15 is 0 Å². The fourth-order valence-corrected chi connectivity index (χ4v) is 4.33. The number of rotatable bonds is 7. The van der Waals surface area contributed by atoms with Gasteiger partial charge in [0.05, 0.1) is 12.3 Å². The number of thiophene rings is 1. The number of aromatic nitrogens is 5. The Hall–Kier alpha value is -2.45. The number of nitrogens with zero attached hydrogens (tertiary/aromatic N) is 5. The van der Waals surface area contributed by atoms with E-state index in [-0.39, 0.29) is 0 Å². The molecule has 136 valence electrons. The van der Waals surface area contributed by atoms with Crippen LogP contribution in [0.2, 0.25) is 0 Å². The van der Waals surface area contributed by atoms with Gasteiger partial charge < -0.3 is 9.09 Å². The third kappa shape index (κ3) is 3.68. The molecule has 8 heteroatoms. The van der Waals surface area contributed by atoms with Crippen molar-refractivity contribution in [2.75, 3.05) is 0 Å². The number of thioether (sulfide) groups is 1. The minimum atomic E-state index is 0.546. The van der Waals surface area contributed by atoms with Crippen molar-refractivity contribution in [3.8, 4) is 11.4 Å². The summed E-state index contributed by atoms with van der Waals surface area (Å²) < 4.78 is 7.63. The Morgan fingerprint density at radius 3 is 2.81 bits per heavy atom. The summed E-state index contributed by atoms with van der Waals surface area (Å²) >= 11 is 3.21. The van der Waals surface area contributed by atoms with E-state index in [4.69, 9.17) is 4.52 Å². The summed E-state index contributed by atoms with van der Waals surface area (Å²) in [5.74, 6) is 3.45. The molecule has 0 saturated heterocycles. The lowest BCUT2D eigenvalue weighted by atomic mass is 10.2. The van der Waals surface area contributed by atoms with Gasteiger partial charge in [0.2, 0.25) is 11.7 Å². The van der Waals surface area contributed by atoms with E-state index in [1.807, 2.05) is 22.9 Å². The predicted molar refractivity (Wildman–Crippen MR) is 105 cm³/mol. The molecule has 0 spiro atoms. The average Bonchev–Trinajstić information content (AvgIpc) is 3.11. The van der Waals surface area contributed by atoms with Crippen LogP contribution in [0.25, 0.3) is 11.4 Å². The smallest absolute Gasteiger partial charge is 0.237 e. The highest BCUT2D eigenvalue weighted by Crippen LogP contribution is 2.40. The molecule has 0 amide bonds. The van der Waals surface area contributed by atoms with Crippen LogP contribution in [0.5, 0.6) is 0 Å². The first-order valence-electron chi connectivity index (χ1n) is 8.82. The summed E-state index contributed by atoms with van der Waals surface area (Å²) in [5.41, 5.74) is 2.24. The molecule has 6 nitrogen and oxygen atoms in total. The molecule has 1 saturated carbocycles. The lowest BCUT2D eigenvalue weighted by molar-refractivity contribution is 0.391. The maximum absolute atomic E-state index is 5.40. The van der Waals surface area contributed by atoms with Gasteiger partial charge in [-0.1, -0.05) is 47.3 Å². The van der Waals surface area contributed by atoms with Crippen LogP contribution < -0.4 is 0 Å². The van der Waals surface area contributed by atoms with Crippen LogP contribution in [-0.4, -0.2) is 24.9 Å². The van der Waals surface area contributed by atoms with Crippen molar-refractivity contribution in [2.45, 2.75) is 36.2 Å². The quantitative estimate of drug-likeness (QED) is 0.426. The van der Waals surface area contributed by atoms with Gasteiger partial charge in [0.1, 0.15) is 5.82 Å². The Morgan fingerprint density at radius 2 is 2.04 bits per heavy atom. The predicted octanol–water partition coefficient (Wildman–Crippen LogP) is 4.61. The van der Waals surface area contributed by atoms with E-state index in [2.05, 4.69) is 49.2 Å². The zero-order valence-corrected chi connectivity index (χ0v) is 16.1. The van der Waals surface area contributed by atoms with Crippen LogP contribution >= 0.6 is 23.1 Å². The van der Waals surface area contributed by atoms with Gasteiger partial charge >= 0.3 is 0 Å². The average molecular weight is 396 g/mol. The SMILES string of the molecule is c1ccc(Cn2c(SCc3nc(-c4ccsc4)no3)nnc2C2CC2)cc1. The Labute approximate surface area is 164 Å². The third-order valence-corrected chi connectivity index (χ3v) is 6.08. The minimum absolute atomic E-state index is 0.546. The molecule has 1 aliphatic rings. The molecule has 0 bridgehead atoms. The molecule has 0 radical (unpaired) electrons. The van der Waals surface area contributed by atoms with Crippen molar-refractivity contribution in [3.63, 3.8) is 0 Å². The van der Waals surface area contributed by atoms with Crippen LogP contribution in [0.3, 0.4) is 0 Å². The highest BCUT2D eigenvalue weighted by atomic mass is 32.2. The van der Waals surface area contributed by atoms with Gasteiger partial charge in [-0.2, -0.15) is 16.3 Å². The monoisotopic (exact) mass is 395 g/mol. The lowest BCUT2D eigenvalue weighted by Crippen LogP contribution is -2.06. The summed E-state index contributed by atoms with van der Waals surface area (Å²) in [6, 6.07) is 12.4. The normalized spacial score (nSPS) is 13.9. The standard InChI is InChI=1S/C19H17N5OS2/c1-2-4-13(5-3-1)10-24-18(14-6-7-14)21-22-19(24)27-12-16-20-17(23-25-16)15-8-9-26-11-15/h1-5,8-9,11,14H,6-7,10,12H2. The molecule has 0 N–H and O–H groups in total. The third-order valence-electron chi connectivity index (χ3n) is 4.44. The van der Waals surface area contributed by atoms with Gasteiger partial charge in [-0.25, -0.2) is 0 Å². The molecular weight excluding hydrogens is 378 g/mol. The van der Waals surface area contributed by atoms with Crippen LogP contribution in [0.1, 0.15) is 36.0 Å². The van der Waals surface area contributed by atoms with Gasteiger partial charge in [0.15, 0.2) is 5.16 Å². The topological polar surface area (TPSA) is 69.6 Å². The first-order chi connectivity index (χ1) is 13.4. The summed E-state index contributed by atoms with van der Waals surface area (Å²) in [7, 11) is 0. The van der Waals surface area contributed by atoms with Crippen molar-refractivity contribution >= 4 is 23.1 Å². The van der Waals surface area contributed by atoms with E-state index in [0.29, 0.717) is 23.4 Å². The number of hydrogen-bond acceptors (Lipinski definition) is 7. The van der Waals surface area contributed by atoms with Crippen molar-refractivity contribution < 1.29 is 4.52 Å². The Balaban J connectivity index is 1.34. The molecule has 1 aliphatic carbocycles. The molecule has 3 aromatic heterocycles. The van der Waals surface area contributed by atoms with Gasteiger partial charge in [-0.05, 0) is 29.9 Å². The molecule has 0 atom stereocenters. The van der Waals surface area contributed by atoms with Crippen molar-refractivity contribution in [1.82, 2.24) is 24.9 Å². The molecule has 1 aromatic carbocycles. The maximum atomic E-state index is 5.40. The molecule has 0 unspecified atom stereocenters. The second-order valence-electron chi connectivity index (χ2n) is 6.50. The van der Waals surface area contributed by atoms with Crippen molar-refractivity contribution in [3.05, 3.63) is 64.4 Å². The van der Waals surface area contributed by atoms with E-state index in [9.17, 15) is 0 Å². The second-order valence-corrected chi connectivity index (χ2v) is 8.22. The molecular formula is C19H17N5OS2. The zero-order valence-electron chi connectivity index (χ0n) is 14.5. The molecule has 1 fully saturated rings. The summed E-state index contributed by atoms with van der Waals surface area (Å²) in [4.78, 5) is 4.49. The number of benzene rings is 1. The van der Waals surface area contributed by atoms with E-state index in [1.165, 1.54) is 18.4 Å². The Morgan fingerprint density at radius 1 is 1.15 bits per heavy atom. The van der Waals surface area contributed by atoms with Crippen LogP contribution in [0.15, 0.2) is 56.8 Å². The minimum Gasteiger partial charge on any atom is -0.338 e. The first-order valence-corrected chi connectivity index (χ1v) is 10.7. The van der Waals surface area contributed by atoms with Crippen LogP contribution in [0.4, 0.5) is 0 Å². The van der Waals surface area contributed by atoms with E-state index in [1.54, 1.807) is 23.1 Å². The summed E-state index contributed by atoms with van der Waals surface area (Å²) in [5, 5.41) is 17.9. The summed E-state index contributed by atoms with van der Waals surface area (Å²) in [6.45, 7) is 0.784. The van der Waals surface area contributed by atoms with Gasteiger partial charge in [-0.3, -0.25) is 0 Å². The largest absolute Gasteiger partial charge is 0.338 e. The Bertz CT molecular complexity index is 1020. The second kappa shape index (κ2) is 7.28. The highest BCUT2D eigenvalue weighted by molar-refractivity contribution is 7.98. The molecule has 0 aliphatic heterocycles. The fourth-order valence-electron chi connectivity index (χ4n) is 2.91. The van der Waals surface area contributed by atoms with Gasteiger partial charge in [-0.15, -0.1) is 10.2 Å². The lowest BCUT2D eigenvalue weighted by Gasteiger charge is -2.09. The van der Waals surface area contributed by atoms with E-state index < -0.39 is 0 Å². The van der Waals surface area contributed by atoms with Crippen LogP contribution in [-0.2, 0) is 12.3 Å². The molecule has 3 heterocycles. The van der Waals surface area contributed by atoms with Crippen LogP contribution in [0, 0.1) is 0 Å².